The molecule has 3 rings (SSSR count). The smallest absolute Gasteiger partial charge is 0.182 e. The summed E-state index contributed by atoms with van der Waals surface area (Å²) in [7, 11) is 1.62. The molecule has 0 aliphatic rings. The van der Waals surface area contributed by atoms with Crippen LogP contribution in [0.5, 0.6) is 5.75 Å². The van der Waals surface area contributed by atoms with Crippen molar-refractivity contribution in [2.75, 3.05) is 7.11 Å². The average molecular weight is 291 g/mol. The predicted octanol–water partition coefficient (Wildman–Crippen LogP) is 2.27. The number of hydrogen-bond donors (Lipinski definition) is 0. The first-order chi connectivity index (χ1) is 10.8. The third-order valence-electron chi connectivity index (χ3n) is 3.34. The first kappa shape index (κ1) is 13.8. The van der Waals surface area contributed by atoms with Crippen LogP contribution in [0.1, 0.15) is 11.1 Å². The van der Waals surface area contributed by atoms with Gasteiger partial charge < -0.3 is 4.74 Å². The molecule has 0 fully saturated rings. The molecule has 0 atom stereocenters. The predicted molar refractivity (Wildman–Crippen MR) is 80.1 cm³/mol. The van der Waals surface area contributed by atoms with Crippen LogP contribution in [0.15, 0.2) is 48.5 Å². The van der Waals surface area contributed by atoms with Crippen LogP contribution in [0.25, 0.3) is 11.4 Å². The highest BCUT2D eigenvalue weighted by atomic mass is 16.5. The van der Waals surface area contributed by atoms with Crippen LogP contribution in [0, 0.1) is 11.3 Å². The average Bonchev–Trinajstić information content (AvgIpc) is 3.03. The van der Waals surface area contributed by atoms with Crippen LogP contribution in [0.2, 0.25) is 0 Å². The molecule has 3 aromatic rings. The Balaban J connectivity index is 1.93. The van der Waals surface area contributed by atoms with Gasteiger partial charge in [-0.05, 0) is 46.3 Å². The van der Waals surface area contributed by atoms with Crippen LogP contribution in [0.3, 0.4) is 0 Å². The highest BCUT2D eigenvalue weighted by Gasteiger charge is 2.11. The Bertz CT molecular complexity index is 817. The van der Waals surface area contributed by atoms with E-state index < -0.39 is 0 Å². The zero-order valence-corrected chi connectivity index (χ0v) is 12.0. The fourth-order valence-corrected chi connectivity index (χ4v) is 2.19. The molecular formula is C16H13N5O. The van der Waals surface area contributed by atoms with E-state index in [2.05, 4.69) is 21.6 Å². The fraction of sp³-hybridized carbons (Fsp3) is 0.125. The topological polar surface area (TPSA) is 76.6 Å². The zero-order valence-electron chi connectivity index (χ0n) is 12.0. The first-order valence-corrected chi connectivity index (χ1v) is 6.70. The summed E-state index contributed by atoms with van der Waals surface area (Å²) in [5, 5.41) is 21.0. The Morgan fingerprint density at radius 2 is 1.91 bits per heavy atom. The summed E-state index contributed by atoms with van der Waals surface area (Å²) in [6.45, 7) is 0.443. The van der Waals surface area contributed by atoms with Gasteiger partial charge in [0.1, 0.15) is 5.75 Å². The minimum Gasteiger partial charge on any atom is -0.497 e. The zero-order chi connectivity index (χ0) is 15.4. The summed E-state index contributed by atoms with van der Waals surface area (Å²) >= 11 is 0. The van der Waals surface area contributed by atoms with Gasteiger partial charge in [0, 0.05) is 5.56 Å². The van der Waals surface area contributed by atoms with E-state index in [-0.39, 0.29) is 0 Å². The van der Waals surface area contributed by atoms with Crippen LogP contribution in [0.4, 0.5) is 0 Å². The molecular weight excluding hydrogens is 278 g/mol. The second-order valence-corrected chi connectivity index (χ2v) is 4.66. The van der Waals surface area contributed by atoms with Gasteiger partial charge in [0.25, 0.3) is 0 Å². The number of nitrogens with zero attached hydrogens (tertiary/aromatic N) is 5. The molecule has 0 unspecified atom stereocenters. The van der Waals surface area contributed by atoms with Gasteiger partial charge in [-0.1, -0.05) is 18.2 Å². The number of nitriles is 1. The lowest BCUT2D eigenvalue weighted by molar-refractivity contribution is 0.415. The minimum absolute atomic E-state index is 0.443. The van der Waals surface area contributed by atoms with Crippen molar-refractivity contribution in [3.8, 4) is 23.2 Å². The molecule has 0 aliphatic carbocycles. The second kappa shape index (κ2) is 6.06. The van der Waals surface area contributed by atoms with Crippen molar-refractivity contribution in [1.82, 2.24) is 20.2 Å². The van der Waals surface area contributed by atoms with Crippen LogP contribution in [-0.4, -0.2) is 27.3 Å². The van der Waals surface area contributed by atoms with Crippen molar-refractivity contribution < 1.29 is 4.74 Å². The Morgan fingerprint density at radius 1 is 1.14 bits per heavy atom. The van der Waals surface area contributed by atoms with Crippen LogP contribution >= 0.6 is 0 Å². The van der Waals surface area contributed by atoms with Gasteiger partial charge in [-0.2, -0.15) is 5.26 Å². The van der Waals surface area contributed by atoms with Crippen molar-refractivity contribution in [3.63, 3.8) is 0 Å². The fourth-order valence-electron chi connectivity index (χ4n) is 2.19. The van der Waals surface area contributed by atoms with E-state index >= 15 is 0 Å². The highest BCUT2D eigenvalue weighted by Crippen LogP contribution is 2.20. The number of ether oxygens (including phenoxy) is 1. The molecule has 6 heteroatoms. The maximum absolute atomic E-state index is 9.17. The molecule has 6 nitrogen and oxygen atoms in total. The van der Waals surface area contributed by atoms with Crippen molar-refractivity contribution in [3.05, 3.63) is 59.7 Å². The van der Waals surface area contributed by atoms with Gasteiger partial charge in [-0.25, -0.2) is 4.68 Å². The summed E-state index contributed by atoms with van der Waals surface area (Å²) in [6.07, 6.45) is 0. The van der Waals surface area contributed by atoms with E-state index in [4.69, 9.17) is 10.00 Å². The quantitative estimate of drug-likeness (QED) is 0.737. The molecule has 108 valence electrons. The Kier molecular flexibility index (Phi) is 3.79. The third-order valence-corrected chi connectivity index (χ3v) is 3.34. The van der Waals surface area contributed by atoms with E-state index in [1.54, 1.807) is 17.9 Å². The minimum atomic E-state index is 0.443. The third kappa shape index (κ3) is 2.65. The molecule has 0 saturated carbocycles. The van der Waals surface area contributed by atoms with Gasteiger partial charge in [0.2, 0.25) is 0 Å². The molecule has 0 N–H and O–H groups in total. The van der Waals surface area contributed by atoms with Crippen molar-refractivity contribution in [1.29, 1.82) is 5.26 Å². The van der Waals surface area contributed by atoms with Gasteiger partial charge in [0.15, 0.2) is 5.82 Å². The van der Waals surface area contributed by atoms with Crippen molar-refractivity contribution >= 4 is 0 Å². The van der Waals surface area contributed by atoms with E-state index in [0.29, 0.717) is 17.9 Å². The van der Waals surface area contributed by atoms with Crippen LogP contribution in [-0.2, 0) is 6.54 Å². The van der Waals surface area contributed by atoms with E-state index in [1.807, 2.05) is 42.5 Å². The van der Waals surface area contributed by atoms with Crippen molar-refractivity contribution in [2.24, 2.45) is 0 Å². The molecule has 0 aliphatic heterocycles. The molecule has 1 aromatic heterocycles. The molecule has 1 heterocycles. The number of hydrogen-bond acceptors (Lipinski definition) is 5. The van der Waals surface area contributed by atoms with E-state index in [0.717, 1.165) is 16.9 Å². The second-order valence-electron chi connectivity index (χ2n) is 4.66. The van der Waals surface area contributed by atoms with Gasteiger partial charge in [0.05, 0.1) is 25.3 Å². The van der Waals surface area contributed by atoms with Gasteiger partial charge >= 0.3 is 0 Å². The lowest BCUT2D eigenvalue weighted by Gasteiger charge is -2.07. The number of rotatable bonds is 4. The van der Waals surface area contributed by atoms with E-state index in [9.17, 15) is 0 Å². The molecule has 0 saturated heterocycles. The Labute approximate surface area is 127 Å². The normalized spacial score (nSPS) is 10.2. The standard InChI is InChI=1S/C16H13N5O/c1-22-15-8-6-12(7-9-15)16-18-19-20-21(16)11-14-5-3-2-4-13(14)10-17/h2-9H,11H2,1H3. The van der Waals surface area contributed by atoms with E-state index in [1.165, 1.54) is 0 Å². The summed E-state index contributed by atoms with van der Waals surface area (Å²) in [6, 6.07) is 17.1. The number of methoxy groups -OCH3 is 1. The van der Waals surface area contributed by atoms with Crippen LogP contribution < -0.4 is 4.74 Å². The largest absolute Gasteiger partial charge is 0.497 e. The molecule has 0 bridgehead atoms. The lowest BCUT2D eigenvalue weighted by Crippen LogP contribution is -2.06. The Morgan fingerprint density at radius 3 is 2.64 bits per heavy atom. The van der Waals surface area contributed by atoms with Gasteiger partial charge in [-0.15, -0.1) is 5.10 Å². The van der Waals surface area contributed by atoms with Gasteiger partial charge in [-0.3, -0.25) is 0 Å². The maximum Gasteiger partial charge on any atom is 0.182 e. The SMILES string of the molecule is COc1ccc(-c2nnnn2Cc2ccccc2C#N)cc1. The summed E-state index contributed by atoms with van der Waals surface area (Å²) in [5.41, 5.74) is 2.39. The molecule has 0 spiro atoms. The molecule has 2 aromatic carbocycles. The maximum atomic E-state index is 9.17. The monoisotopic (exact) mass is 291 g/mol. The summed E-state index contributed by atoms with van der Waals surface area (Å²) in [5.74, 6) is 1.42. The molecule has 0 amide bonds. The molecule has 0 radical (unpaired) electrons. The summed E-state index contributed by atoms with van der Waals surface area (Å²) < 4.78 is 6.83. The van der Waals surface area contributed by atoms with Crippen molar-refractivity contribution in [2.45, 2.75) is 6.54 Å². The Hall–Kier alpha value is -3.20. The number of aromatic nitrogens is 4. The number of benzene rings is 2. The first-order valence-electron chi connectivity index (χ1n) is 6.70. The highest BCUT2D eigenvalue weighted by molar-refractivity contribution is 5.56. The lowest BCUT2D eigenvalue weighted by atomic mass is 10.1. The molecule has 22 heavy (non-hydrogen) atoms. The summed E-state index contributed by atoms with van der Waals surface area (Å²) in [4.78, 5) is 0. The number of tetrazole rings is 1.